The van der Waals surface area contributed by atoms with Crippen LogP contribution >= 0.6 is 0 Å². The van der Waals surface area contributed by atoms with Crippen LogP contribution in [0.5, 0.6) is 0 Å². The van der Waals surface area contributed by atoms with E-state index in [1.807, 2.05) is 5.01 Å². The molecule has 2 atom stereocenters. The summed E-state index contributed by atoms with van der Waals surface area (Å²) in [6.07, 6.45) is 7.23. The van der Waals surface area contributed by atoms with E-state index in [4.69, 9.17) is 5.11 Å². The van der Waals surface area contributed by atoms with E-state index >= 15 is 0 Å². The number of nitrogens with zero attached hydrogens (tertiary/aromatic N) is 1. The molecule has 0 spiro atoms. The Morgan fingerprint density at radius 2 is 1.89 bits per heavy atom. The van der Waals surface area contributed by atoms with E-state index in [0.717, 1.165) is 25.9 Å². The number of carbonyl (C=O) groups excluding carboxylic acids is 1. The Balaban J connectivity index is 1.72. The summed E-state index contributed by atoms with van der Waals surface area (Å²) in [6.45, 7) is 1.76. The van der Waals surface area contributed by atoms with Crippen LogP contribution in [-0.2, 0) is 4.79 Å². The van der Waals surface area contributed by atoms with Gasteiger partial charge in [-0.2, -0.15) is 0 Å². The van der Waals surface area contributed by atoms with Crippen molar-refractivity contribution in [2.24, 2.45) is 5.92 Å². The molecule has 100 valence electrons. The number of nitrogens with one attached hydrogen (secondary N) is 2. The van der Waals surface area contributed by atoms with Gasteiger partial charge in [-0.15, -0.1) is 0 Å². The van der Waals surface area contributed by atoms with Crippen molar-refractivity contribution in [2.75, 3.05) is 13.1 Å². The van der Waals surface area contributed by atoms with Crippen LogP contribution in [0.4, 0.5) is 4.79 Å². The Labute approximate surface area is 106 Å². The van der Waals surface area contributed by atoms with E-state index in [2.05, 4.69) is 10.7 Å². The van der Waals surface area contributed by atoms with Gasteiger partial charge in [-0.3, -0.25) is 10.2 Å². The molecule has 6 heteroatoms. The molecular weight excluding hydrogens is 234 g/mol. The van der Waals surface area contributed by atoms with E-state index in [9.17, 15) is 9.59 Å². The van der Waals surface area contributed by atoms with Crippen LogP contribution in [-0.4, -0.2) is 41.2 Å². The van der Waals surface area contributed by atoms with Crippen LogP contribution in [0.1, 0.15) is 25.7 Å². The number of hydrazine groups is 1. The molecule has 0 saturated carbocycles. The smallest absolute Gasteiger partial charge is 0.329 e. The van der Waals surface area contributed by atoms with Gasteiger partial charge < -0.3 is 10.4 Å². The molecule has 0 aromatic heterocycles. The van der Waals surface area contributed by atoms with Crippen LogP contribution in [0, 0.1) is 5.92 Å². The molecule has 0 radical (unpaired) electrons. The molecule has 1 saturated heterocycles. The fourth-order valence-corrected chi connectivity index (χ4v) is 2.34. The number of hydrogen-bond donors (Lipinski definition) is 3. The minimum atomic E-state index is -0.841. The first-order valence-corrected chi connectivity index (χ1v) is 6.38. The summed E-state index contributed by atoms with van der Waals surface area (Å²) in [5.41, 5.74) is 2.79. The maximum Gasteiger partial charge on any atom is 0.329 e. The minimum Gasteiger partial charge on any atom is -0.481 e. The third-order valence-corrected chi connectivity index (χ3v) is 3.33. The molecule has 0 bridgehead atoms. The normalized spacial score (nSPS) is 28.0. The summed E-state index contributed by atoms with van der Waals surface area (Å²) in [4.78, 5) is 22.5. The number of carboxylic acid groups (broad SMARTS) is 1. The number of carbonyl (C=O) groups is 2. The van der Waals surface area contributed by atoms with Crippen molar-refractivity contribution in [1.82, 2.24) is 15.8 Å². The molecule has 18 heavy (non-hydrogen) atoms. The maximum atomic E-state index is 11.7. The number of carboxylic acids is 1. The summed E-state index contributed by atoms with van der Waals surface area (Å²) in [7, 11) is 0. The molecule has 2 unspecified atom stereocenters. The van der Waals surface area contributed by atoms with Gasteiger partial charge in [0.05, 0.1) is 12.0 Å². The highest BCUT2D eigenvalue weighted by molar-refractivity contribution is 5.76. The topological polar surface area (TPSA) is 81.7 Å². The standard InChI is InChI=1S/C12H19N3O3/c16-11(17)9-4-5-10(8-9)13-12(18)14-15-6-2-1-3-7-15/h4-5,9-10H,1-3,6-8H2,(H,16,17)(H2,13,14,18). The fraction of sp³-hybridized carbons (Fsp3) is 0.667. The molecular formula is C12H19N3O3. The molecule has 2 rings (SSSR count). The van der Waals surface area contributed by atoms with E-state index in [-0.39, 0.29) is 12.1 Å². The lowest BCUT2D eigenvalue weighted by Gasteiger charge is -2.27. The highest BCUT2D eigenvalue weighted by Crippen LogP contribution is 2.17. The molecule has 0 aromatic rings. The largest absolute Gasteiger partial charge is 0.481 e. The molecule has 2 amide bonds. The van der Waals surface area contributed by atoms with Gasteiger partial charge in [0.2, 0.25) is 0 Å². The zero-order valence-corrected chi connectivity index (χ0v) is 10.3. The van der Waals surface area contributed by atoms with Crippen molar-refractivity contribution in [2.45, 2.75) is 31.7 Å². The Morgan fingerprint density at radius 3 is 2.50 bits per heavy atom. The lowest BCUT2D eigenvalue weighted by Crippen LogP contribution is -2.51. The molecule has 1 heterocycles. The first kappa shape index (κ1) is 12.9. The average molecular weight is 253 g/mol. The van der Waals surface area contributed by atoms with Gasteiger partial charge in [0.1, 0.15) is 0 Å². The first-order valence-electron chi connectivity index (χ1n) is 6.38. The van der Waals surface area contributed by atoms with Crippen molar-refractivity contribution >= 4 is 12.0 Å². The summed E-state index contributed by atoms with van der Waals surface area (Å²) in [5.74, 6) is -1.32. The zero-order chi connectivity index (χ0) is 13.0. The van der Waals surface area contributed by atoms with Crippen LogP contribution in [0.25, 0.3) is 0 Å². The summed E-state index contributed by atoms with van der Waals surface area (Å²) in [6, 6.07) is -0.437. The Kier molecular flexibility index (Phi) is 4.19. The van der Waals surface area contributed by atoms with Gasteiger partial charge >= 0.3 is 12.0 Å². The number of hydrogen-bond acceptors (Lipinski definition) is 3. The van der Waals surface area contributed by atoms with Gasteiger partial charge in [0.25, 0.3) is 0 Å². The van der Waals surface area contributed by atoms with E-state index < -0.39 is 11.9 Å². The van der Waals surface area contributed by atoms with Crippen molar-refractivity contribution < 1.29 is 14.7 Å². The van der Waals surface area contributed by atoms with Crippen LogP contribution in [0.15, 0.2) is 12.2 Å². The van der Waals surface area contributed by atoms with Crippen molar-refractivity contribution in [1.29, 1.82) is 0 Å². The highest BCUT2D eigenvalue weighted by Gasteiger charge is 2.25. The molecule has 1 fully saturated rings. The zero-order valence-electron chi connectivity index (χ0n) is 10.3. The van der Waals surface area contributed by atoms with Gasteiger partial charge in [-0.05, 0) is 19.3 Å². The first-order chi connectivity index (χ1) is 8.65. The molecule has 3 N–H and O–H groups in total. The highest BCUT2D eigenvalue weighted by atomic mass is 16.4. The summed E-state index contributed by atoms with van der Waals surface area (Å²) < 4.78 is 0. The Morgan fingerprint density at radius 1 is 1.17 bits per heavy atom. The molecule has 0 aromatic carbocycles. The third-order valence-electron chi connectivity index (χ3n) is 3.33. The minimum absolute atomic E-state index is 0.184. The Bertz CT molecular complexity index is 350. The van der Waals surface area contributed by atoms with Crippen molar-refractivity contribution in [3.63, 3.8) is 0 Å². The SMILES string of the molecule is O=C(NC1C=CC(C(=O)O)C1)NN1CCCCC1. The average Bonchev–Trinajstić information content (AvgIpc) is 2.78. The van der Waals surface area contributed by atoms with Gasteiger partial charge in [-0.25, -0.2) is 9.80 Å². The van der Waals surface area contributed by atoms with E-state index in [0.29, 0.717) is 6.42 Å². The molecule has 1 aliphatic carbocycles. The van der Waals surface area contributed by atoms with Crippen molar-refractivity contribution in [3.8, 4) is 0 Å². The van der Waals surface area contributed by atoms with Crippen LogP contribution in [0.2, 0.25) is 0 Å². The molecule has 6 nitrogen and oxygen atoms in total. The van der Waals surface area contributed by atoms with Crippen LogP contribution < -0.4 is 10.7 Å². The second kappa shape index (κ2) is 5.86. The number of rotatable bonds is 3. The number of amides is 2. The summed E-state index contributed by atoms with van der Waals surface area (Å²) >= 11 is 0. The number of piperidine rings is 1. The molecule has 1 aliphatic heterocycles. The van der Waals surface area contributed by atoms with Gasteiger partial charge in [0, 0.05) is 13.1 Å². The van der Waals surface area contributed by atoms with E-state index in [1.54, 1.807) is 12.2 Å². The maximum absolute atomic E-state index is 11.7. The lowest BCUT2D eigenvalue weighted by atomic mass is 10.1. The van der Waals surface area contributed by atoms with Gasteiger partial charge in [-0.1, -0.05) is 18.6 Å². The Hall–Kier alpha value is -1.56. The fourth-order valence-electron chi connectivity index (χ4n) is 2.34. The second-order valence-electron chi connectivity index (χ2n) is 4.80. The van der Waals surface area contributed by atoms with Crippen molar-refractivity contribution in [3.05, 3.63) is 12.2 Å². The van der Waals surface area contributed by atoms with Crippen LogP contribution in [0.3, 0.4) is 0 Å². The summed E-state index contributed by atoms with van der Waals surface area (Å²) in [5, 5.41) is 13.5. The predicted molar refractivity (Wildman–Crippen MR) is 65.8 cm³/mol. The van der Waals surface area contributed by atoms with E-state index in [1.165, 1.54) is 6.42 Å². The lowest BCUT2D eigenvalue weighted by molar-refractivity contribution is -0.140. The molecule has 2 aliphatic rings. The number of urea groups is 1. The predicted octanol–water partition coefficient (Wildman–Crippen LogP) is 0.716. The number of aliphatic carboxylic acids is 1. The third kappa shape index (κ3) is 3.46. The second-order valence-corrected chi connectivity index (χ2v) is 4.80. The quantitative estimate of drug-likeness (QED) is 0.647. The monoisotopic (exact) mass is 253 g/mol. The van der Waals surface area contributed by atoms with Gasteiger partial charge in [0.15, 0.2) is 0 Å².